The van der Waals surface area contributed by atoms with Gasteiger partial charge in [-0.05, 0) is 78.5 Å². The minimum absolute atomic E-state index is 0.0638. The average molecular weight is 451 g/mol. The quantitative estimate of drug-likeness (QED) is 0.706. The van der Waals surface area contributed by atoms with Crippen LogP contribution in [0, 0.1) is 17.3 Å². The third-order valence-electron chi connectivity index (χ3n) is 8.15. The first-order chi connectivity index (χ1) is 14.7. The molecule has 0 aromatic heterocycles. The zero-order valence-electron chi connectivity index (χ0n) is 18.6. The number of nitrogens with one attached hydrogen (secondary N) is 1. The molecule has 0 heterocycles. The first kappa shape index (κ1) is 22.4. The van der Waals surface area contributed by atoms with Crippen LogP contribution in [-0.4, -0.2) is 21.4 Å². The number of ether oxygens (including phenoxy) is 1. The molecular formula is C23H34N2O5S. The second-order valence-corrected chi connectivity index (χ2v) is 10.7. The van der Waals surface area contributed by atoms with E-state index in [-0.39, 0.29) is 17.7 Å². The van der Waals surface area contributed by atoms with E-state index < -0.39 is 10.3 Å². The van der Waals surface area contributed by atoms with Crippen molar-refractivity contribution in [2.24, 2.45) is 22.4 Å². The number of benzene rings is 1. The van der Waals surface area contributed by atoms with E-state index in [1.807, 2.05) is 6.07 Å². The van der Waals surface area contributed by atoms with E-state index in [2.05, 4.69) is 12.2 Å². The fourth-order valence-electron chi connectivity index (χ4n) is 6.92. The fraction of sp³-hybridized carbons (Fsp3) is 0.696. The molecule has 1 amide bonds. The van der Waals surface area contributed by atoms with Crippen LogP contribution in [-0.2, 0) is 15.1 Å². The van der Waals surface area contributed by atoms with Gasteiger partial charge in [-0.1, -0.05) is 26.2 Å². The molecule has 0 aliphatic heterocycles. The molecule has 3 unspecified atom stereocenters. The maximum Gasteiger partial charge on any atom is 0.380 e. The predicted molar refractivity (Wildman–Crippen MR) is 118 cm³/mol. The Morgan fingerprint density at radius 2 is 1.94 bits per heavy atom. The van der Waals surface area contributed by atoms with Crippen molar-refractivity contribution >= 4 is 16.2 Å². The maximum absolute atomic E-state index is 12.0. The zero-order chi connectivity index (χ0) is 22.4. The topological polar surface area (TPSA) is 108 Å². The lowest BCUT2D eigenvalue weighted by molar-refractivity contribution is -0.120. The van der Waals surface area contributed by atoms with E-state index in [1.165, 1.54) is 52.6 Å². The van der Waals surface area contributed by atoms with Crippen LogP contribution in [0.2, 0.25) is 0 Å². The summed E-state index contributed by atoms with van der Waals surface area (Å²) in [6.07, 6.45) is 9.55. The van der Waals surface area contributed by atoms with E-state index >= 15 is 0 Å². The summed E-state index contributed by atoms with van der Waals surface area (Å²) in [6, 6.07) is 3.42. The number of amides is 1. The number of carbonyl (C=O) groups excluding carboxylic acids is 1. The maximum atomic E-state index is 12.0. The Balaban J connectivity index is 1.80. The number of fused-ring (bicyclic) bond motifs is 5. The molecule has 3 N–H and O–H groups in total. The molecule has 5 atom stereocenters. The highest BCUT2D eigenvalue weighted by Gasteiger charge is 2.52. The molecule has 0 spiro atoms. The van der Waals surface area contributed by atoms with E-state index in [1.54, 1.807) is 6.07 Å². The second-order valence-electron chi connectivity index (χ2n) is 9.57. The lowest BCUT2D eigenvalue weighted by Crippen LogP contribution is -2.47. The molecule has 0 saturated heterocycles. The van der Waals surface area contributed by atoms with Crippen molar-refractivity contribution in [1.82, 2.24) is 5.32 Å². The molecule has 31 heavy (non-hydrogen) atoms. The molecule has 3 aliphatic carbocycles. The van der Waals surface area contributed by atoms with Gasteiger partial charge in [0.1, 0.15) is 0 Å². The van der Waals surface area contributed by atoms with E-state index in [9.17, 15) is 13.2 Å². The summed E-state index contributed by atoms with van der Waals surface area (Å²) in [6.45, 7) is 3.86. The summed E-state index contributed by atoms with van der Waals surface area (Å²) in [7, 11) is -2.70. The SMILES string of the molecule is CC[C@@]12CCCCC1C1C[C@H](NC(C)=O)c3cc(OS(N)(=O)=O)c(OC)cc3C1CC2. The van der Waals surface area contributed by atoms with E-state index in [0.29, 0.717) is 28.9 Å². The van der Waals surface area contributed by atoms with Gasteiger partial charge in [-0.15, -0.1) is 0 Å². The molecule has 2 saturated carbocycles. The van der Waals surface area contributed by atoms with Gasteiger partial charge in [-0.25, -0.2) is 0 Å². The summed E-state index contributed by atoms with van der Waals surface area (Å²) in [5.41, 5.74) is 2.47. The van der Waals surface area contributed by atoms with Crippen LogP contribution >= 0.6 is 0 Å². The highest BCUT2D eigenvalue weighted by molar-refractivity contribution is 7.84. The highest BCUT2D eigenvalue weighted by atomic mass is 32.2. The first-order valence-corrected chi connectivity index (χ1v) is 12.9. The molecule has 3 aliphatic rings. The fourth-order valence-corrected chi connectivity index (χ4v) is 7.31. The van der Waals surface area contributed by atoms with Crippen molar-refractivity contribution in [3.05, 3.63) is 23.3 Å². The largest absolute Gasteiger partial charge is 0.493 e. The van der Waals surface area contributed by atoms with Gasteiger partial charge in [0.05, 0.1) is 13.2 Å². The van der Waals surface area contributed by atoms with E-state index in [0.717, 1.165) is 24.0 Å². The lowest BCUT2D eigenvalue weighted by atomic mass is 9.49. The Morgan fingerprint density at radius 1 is 1.19 bits per heavy atom. The van der Waals surface area contributed by atoms with Crippen molar-refractivity contribution in [1.29, 1.82) is 0 Å². The van der Waals surface area contributed by atoms with Crippen molar-refractivity contribution < 1.29 is 22.1 Å². The Hall–Kier alpha value is -1.80. The smallest absolute Gasteiger partial charge is 0.380 e. The van der Waals surface area contributed by atoms with Gasteiger partial charge in [0.25, 0.3) is 0 Å². The Kier molecular flexibility index (Phi) is 5.98. The van der Waals surface area contributed by atoms with Crippen LogP contribution in [0.3, 0.4) is 0 Å². The molecule has 4 rings (SSSR count). The van der Waals surface area contributed by atoms with Gasteiger partial charge in [0.15, 0.2) is 11.5 Å². The molecule has 7 nitrogen and oxygen atoms in total. The standard InChI is InChI=1S/C23H34N2O5S/c1-4-23-9-6-5-7-19(23)17-11-20(25-14(2)26)18-13-22(30-31(24,27)28)21(29-3)12-16(18)15(17)8-10-23/h12-13,15,17,19-20H,4-11H2,1-3H3,(H,25,26)(H2,24,27,28)/t15?,17?,19?,20-,23-/m0/s1. The van der Waals surface area contributed by atoms with Gasteiger partial charge in [0, 0.05) is 6.92 Å². The Labute approximate surface area is 185 Å². The third-order valence-corrected chi connectivity index (χ3v) is 8.56. The van der Waals surface area contributed by atoms with E-state index in [4.69, 9.17) is 14.1 Å². The Bertz CT molecular complexity index is 963. The number of hydrogen-bond acceptors (Lipinski definition) is 5. The highest BCUT2D eigenvalue weighted by Crippen LogP contribution is 2.62. The number of nitrogens with two attached hydrogens (primary N) is 1. The summed E-state index contributed by atoms with van der Waals surface area (Å²) in [4.78, 5) is 12.0. The molecule has 8 heteroatoms. The molecule has 0 bridgehead atoms. The van der Waals surface area contributed by atoms with Crippen molar-refractivity contribution in [2.45, 2.75) is 77.2 Å². The first-order valence-electron chi connectivity index (χ1n) is 11.4. The van der Waals surface area contributed by atoms with Crippen LogP contribution in [0.1, 0.15) is 88.3 Å². The molecular weight excluding hydrogens is 416 g/mol. The molecule has 172 valence electrons. The molecule has 1 aromatic rings. The van der Waals surface area contributed by atoms with Crippen LogP contribution in [0.25, 0.3) is 0 Å². The molecule has 1 aromatic carbocycles. The minimum Gasteiger partial charge on any atom is -0.493 e. The molecule has 2 fully saturated rings. The van der Waals surface area contributed by atoms with Crippen molar-refractivity contribution in [3.63, 3.8) is 0 Å². The number of carbonyl (C=O) groups is 1. The summed E-state index contributed by atoms with van der Waals surface area (Å²) in [5.74, 6) is 1.84. The zero-order valence-corrected chi connectivity index (χ0v) is 19.5. The predicted octanol–water partition coefficient (Wildman–Crippen LogP) is 3.94. The van der Waals surface area contributed by atoms with Gasteiger partial charge in [-0.3, -0.25) is 4.79 Å². The van der Waals surface area contributed by atoms with Gasteiger partial charge in [-0.2, -0.15) is 13.6 Å². The monoisotopic (exact) mass is 450 g/mol. The summed E-state index contributed by atoms with van der Waals surface area (Å²) < 4.78 is 33.6. The lowest BCUT2D eigenvalue weighted by Gasteiger charge is -2.56. The van der Waals surface area contributed by atoms with Crippen LogP contribution < -0.4 is 19.4 Å². The summed E-state index contributed by atoms with van der Waals surface area (Å²) >= 11 is 0. The Morgan fingerprint density at radius 3 is 2.58 bits per heavy atom. The normalized spacial score (nSPS) is 32.3. The van der Waals surface area contributed by atoms with Gasteiger partial charge >= 0.3 is 10.3 Å². The average Bonchev–Trinajstić information content (AvgIpc) is 2.71. The van der Waals surface area contributed by atoms with Crippen LogP contribution in [0.15, 0.2) is 12.1 Å². The molecule has 0 radical (unpaired) electrons. The number of rotatable bonds is 5. The minimum atomic E-state index is -4.19. The third kappa shape index (κ3) is 4.16. The van der Waals surface area contributed by atoms with Gasteiger partial charge in [0.2, 0.25) is 5.91 Å². The number of hydrogen-bond donors (Lipinski definition) is 2. The van der Waals surface area contributed by atoms with Crippen LogP contribution in [0.4, 0.5) is 0 Å². The summed E-state index contributed by atoms with van der Waals surface area (Å²) in [5, 5.41) is 8.23. The van der Waals surface area contributed by atoms with Gasteiger partial charge < -0.3 is 14.2 Å². The van der Waals surface area contributed by atoms with Crippen molar-refractivity contribution in [2.75, 3.05) is 7.11 Å². The van der Waals surface area contributed by atoms with Crippen molar-refractivity contribution in [3.8, 4) is 11.5 Å². The number of methoxy groups -OCH3 is 1. The second kappa shape index (κ2) is 8.28. The van der Waals surface area contributed by atoms with Crippen LogP contribution in [0.5, 0.6) is 11.5 Å².